The molecular weight excluding hydrogens is 198 g/mol. The van der Waals surface area contributed by atoms with Crippen molar-refractivity contribution in [1.82, 2.24) is 5.32 Å². The highest BCUT2D eigenvalue weighted by Crippen LogP contribution is 2.27. The first-order chi connectivity index (χ1) is 6.99. The molecule has 2 rings (SSSR count). The van der Waals surface area contributed by atoms with Gasteiger partial charge in [0.25, 0.3) is 0 Å². The molecule has 2 heterocycles. The van der Waals surface area contributed by atoms with E-state index < -0.39 is 18.0 Å². The third-order valence-electron chi connectivity index (χ3n) is 3.01. The van der Waals surface area contributed by atoms with E-state index in [0.29, 0.717) is 19.6 Å². The van der Waals surface area contributed by atoms with E-state index in [0.717, 1.165) is 0 Å². The maximum absolute atomic E-state index is 9.82. The number of ether oxygens (including phenoxy) is 2. The number of rotatable bonds is 1. The first-order valence-electron chi connectivity index (χ1n) is 5.41. The molecule has 88 valence electrons. The molecule has 3 N–H and O–H groups in total. The van der Waals surface area contributed by atoms with Crippen LogP contribution in [0.5, 0.6) is 0 Å². The lowest BCUT2D eigenvalue weighted by Crippen LogP contribution is -2.58. The van der Waals surface area contributed by atoms with Crippen molar-refractivity contribution in [2.75, 3.05) is 13.2 Å². The number of hydrogen-bond acceptors (Lipinski definition) is 5. The average Bonchev–Trinajstić information content (AvgIpc) is 2.51. The quantitative estimate of drug-likeness (QED) is 0.537. The summed E-state index contributed by atoms with van der Waals surface area (Å²) in [5.74, 6) is -0.589. The van der Waals surface area contributed by atoms with Crippen LogP contribution in [0.2, 0.25) is 0 Å². The standard InChI is InChI=1S/C10H19NO4/c1-10(2)14-5-7(15-10)8-9(13)6(12)3-4-11-8/h6-9,11-13H,3-5H2,1-2H3/t6-,7+,8+,9+/m0/s1. The molecule has 5 nitrogen and oxygen atoms in total. The van der Waals surface area contributed by atoms with Crippen LogP contribution >= 0.6 is 0 Å². The van der Waals surface area contributed by atoms with E-state index in [2.05, 4.69) is 5.32 Å². The first kappa shape index (κ1) is 11.3. The molecule has 2 fully saturated rings. The van der Waals surface area contributed by atoms with E-state index >= 15 is 0 Å². The second kappa shape index (κ2) is 3.99. The Labute approximate surface area is 89.4 Å². The van der Waals surface area contributed by atoms with Crippen LogP contribution in [0.4, 0.5) is 0 Å². The van der Waals surface area contributed by atoms with E-state index in [1.165, 1.54) is 0 Å². The summed E-state index contributed by atoms with van der Waals surface area (Å²) >= 11 is 0. The van der Waals surface area contributed by atoms with Crippen LogP contribution in [0.1, 0.15) is 20.3 Å². The largest absolute Gasteiger partial charge is 0.390 e. The number of aliphatic hydroxyl groups excluding tert-OH is 2. The number of nitrogens with one attached hydrogen (secondary N) is 1. The third-order valence-corrected chi connectivity index (χ3v) is 3.01. The zero-order valence-electron chi connectivity index (χ0n) is 9.14. The second-order valence-corrected chi connectivity index (χ2v) is 4.69. The van der Waals surface area contributed by atoms with Crippen molar-refractivity contribution in [1.29, 1.82) is 0 Å². The predicted octanol–water partition coefficient (Wildman–Crippen LogP) is -0.778. The number of piperidine rings is 1. The van der Waals surface area contributed by atoms with E-state index in [9.17, 15) is 10.2 Å². The zero-order chi connectivity index (χ0) is 11.1. The van der Waals surface area contributed by atoms with Crippen LogP contribution in [-0.4, -0.2) is 53.5 Å². The van der Waals surface area contributed by atoms with Gasteiger partial charge in [0.15, 0.2) is 5.79 Å². The molecule has 5 heteroatoms. The Hall–Kier alpha value is -0.200. The molecular formula is C10H19NO4. The van der Waals surface area contributed by atoms with Gasteiger partial charge >= 0.3 is 0 Å². The Morgan fingerprint density at radius 3 is 2.67 bits per heavy atom. The maximum atomic E-state index is 9.82. The monoisotopic (exact) mass is 217 g/mol. The van der Waals surface area contributed by atoms with Crippen LogP contribution in [0, 0.1) is 0 Å². The Bertz CT molecular complexity index is 233. The molecule has 2 aliphatic rings. The van der Waals surface area contributed by atoms with E-state index in [4.69, 9.17) is 9.47 Å². The molecule has 0 unspecified atom stereocenters. The summed E-state index contributed by atoms with van der Waals surface area (Å²) < 4.78 is 11.1. The lowest BCUT2D eigenvalue weighted by molar-refractivity contribution is -0.151. The minimum Gasteiger partial charge on any atom is -0.390 e. The lowest BCUT2D eigenvalue weighted by atomic mass is 9.94. The summed E-state index contributed by atoms with van der Waals surface area (Å²) in [6.45, 7) is 4.84. The van der Waals surface area contributed by atoms with E-state index in [1.54, 1.807) is 0 Å². The zero-order valence-corrected chi connectivity index (χ0v) is 9.14. The Kier molecular flexibility index (Phi) is 3.00. The van der Waals surface area contributed by atoms with Gasteiger partial charge in [-0.15, -0.1) is 0 Å². The Balaban J connectivity index is 1.98. The molecule has 2 saturated heterocycles. The van der Waals surface area contributed by atoms with Gasteiger partial charge in [-0.3, -0.25) is 0 Å². The van der Waals surface area contributed by atoms with Crippen molar-refractivity contribution in [2.45, 2.75) is 50.4 Å². The fourth-order valence-electron chi connectivity index (χ4n) is 2.17. The molecule has 0 aromatic rings. The van der Waals surface area contributed by atoms with E-state index in [1.807, 2.05) is 13.8 Å². The van der Waals surface area contributed by atoms with Crippen LogP contribution in [0.3, 0.4) is 0 Å². The summed E-state index contributed by atoms with van der Waals surface area (Å²) in [5.41, 5.74) is 0. The van der Waals surface area contributed by atoms with Crippen LogP contribution in [-0.2, 0) is 9.47 Å². The van der Waals surface area contributed by atoms with Gasteiger partial charge in [-0.2, -0.15) is 0 Å². The maximum Gasteiger partial charge on any atom is 0.163 e. The molecule has 0 bridgehead atoms. The highest BCUT2D eigenvalue weighted by Gasteiger charge is 2.43. The Morgan fingerprint density at radius 1 is 1.33 bits per heavy atom. The van der Waals surface area contributed by atoms with Crippen molar-refractivity contribution in [3.8, 4) is 0 Å². The van der Waals surface area contributed by atoms with Gasteiger partial charge in [-0.25, -0.2) is 0 Å². The molecule has 0 radical (unpaired) electrons. The van der Waals surface area contributed by atoms with Gasteiger partial charge in [0.05, 0.1) is 24.9 Å². The second-order valence-electron chi connectivity index (χ2n) is 4.69. The summed E-state index contributed by atoms with van der Waals surface area (Å²) in [5, 5.41) is 22.5. The average molecular weight is 217 g/mol. The Morgan fingerprint density at radius 2 is 2.07 bits per heavy atom. The first-order valence-corrected chi connectivity index (χ1v) is 5.41. The van der Waals surface area contributed by atoms with Gasteiger partial charge in [-0.05, 0) is 26.8 Å². The molecule has 0 saturated carbocycles. The molecule has 2 aliphatic heterocycles. The number of aliphatic hydroxyl groups is 2. The molecule has 0 amide bonds. The van der Waals surface area contributed by atoms with Crippen LogP contribution in [0.15, 0.2) is 0 Å². The van der Waals surface area contributed by atoms with Crippen molar-refractivity contribution in [3.05, 3.63) is 0 Å². The topological polar surface area (TPSA) is 71.0 Å². The molecule has 0 aromatic carbocycles. The SMILES string of the molecule is CC1(C)OC[C@H]([C@H]2NCC[C@H](O)[C@H]2O)O1. The van der Waals surface area contributed by atoms with Crippen molar-refractivity contribution < 1.29 is 19.7 Å². The van der Waals surface area contributed by atoms with Crippen LogP contribution in [0.25, 0.3) is 0 Å². The third kappa shape index (κ3) is 2.32. The summed E-state index contributed by atoms with van der Waals surface area (Å²) in [6.07, 6.45) is -1.05. The van der Waals surface area contributed by atoms with Crippen molar-refractivity contribution in [3.63, 3.8) is 0 Å². The number of hydrogen-bond donors (Lipinski definition) is 3. The van der Waals surface area contributed by atoms with Crippen LogP contribution < -0.4 is 5.32 Å². The van der Waals surface area contributed by atoms with Gasteiger partial charge in [-0.1, -0.05) is 0 Å². The molecule has 4 atom stereocenters. The van der Waals surface area contributed by atoms with Gasteiger partial charge in [0, 0.05) is 0 Å². The minimum absolute atomic E-state index is 0.190. The van der Waals surface area contributed by atoms with Gasteiger partial charge in [0.1, 0.15) is 6.10 Å². The smallest absolute Gasteiger partial charge is 0.163 e. The lowest BCUT2D eigenvalue weighted by Gasteiger charge is -2.35. The van der Waals surface area contributed by atoms with E-state index in [-0.39, 0.29) is 12.1 Å². The fourth-order valence-corrected chi connectivity index (χ4v) is 2.17. The van der Waals surface area contributed by atoms with Crippen molar-refractivity contribution >= 4 is 0 Å². The summed E-state index contributed by atoms with van der Waals surface area (Å²) in [4.78, 5) is 0. The molecule has 0 aliphatic carbocycles. The summed E-state index contributed by atoms with van der Waals surface area (Å²) in [7, 11) is 0. The summed E-state index contributed by atoms with van der Waals surface area (Å²) in [6, 6.07) is -0.240. The normalized spacial score (nSPS) is 45.6. The molecule has 0 aromatic heterocycles. The van der Waals surface area contributed by atoms with Gasteiger partial charge in [0.2, 0.25) is 0 Å². The minimum atomic E-state index is -0.777. The predicted molar refractivity (Wildman–Crippen MR) is 53.3 cm³/mol. The molecule has 0 spiro atoms. The molecule has 15 heavy (non-hydrogen) atoms. The highest BCUT2D eigenvalue weighted by molar-refractivity contribution is 4.94. The van der Waals surface area contributed by atoms with Crippen molar-refractivity contribution in [2.24, 2.45) is 0 Å². The van der Waals surface area contributed by atoms with Gasteiger partial charge < -0.3 is 25.0 Å². The highest BCUT2D eigenvalue weighted by atomic mass is 16.7. The fraction of sp³-hybridized carbons (Fsp3) is 1.00.